The van der Waals surface area contributed by atoms with Crippen LogP contribution in [-0.2, 0) is 0 Å². The van der Waals surface area contributed by atoms with Crippen LogP contribution in [0.3, 0.4) is 0 Å². The number of nitrogens with zero attached hydrogens (tertiary/aromatic N) is 1. The summed E-state index contributed by atoms with van der Waals surface area (Å²) in [5.74, 6) is 2.68. The maximum absolute atomic E-state index is 5.61. The van der Waals surface area contributed by atoms with Gasteiger partial charge in [-0.3, -0.25) is 0 Å². The zero-order valence-corrected chi connectivity index (χ0v) is 5.89. The minimum Gasteiger partial charge on any atom is -0.384 e. The van der Waals surface area contributed by atoms with Crippen molar-refractivity contribution in [3.63, 3.8) is 0 Å². The van der Waals surface area contributed by atoms with Crippen molar-refractivity contribution < 1.29 is 0 Å². The Morgan fingerprint density at radius 1 is 1.60 bits per heavy atom. The molecule has 0 aliphatic heterocycles. The molecule has 0 saturated heterocycles. The number of pyridine rings is 1. The van der Waals surface area contributed by atoms with Gasteiger partial charge in [0.2, 0.25) is 0 Å². The number of nitrogen functional groups attached to an aromatic ring is 1. The Kier molecular flexibility index (Phi) is 1.79. The predicted molar refractivity (Wildman–Crippen MR) is 41.6 cm³/mol. The number of aromatic nitrogens is 1. The Morgan fingerprint density at radius 2 is 2.30 bits per heavy atom. The van der Waals surface area contributed by atoms with E-state index in [-0.39, 0.29) is 0 Å². The molecule has 0 amide bonds. The van der Waals surface area contributed by atoms with E-state index in [1.165, 1.54) is 0 Å². The monoisotopic (exact) mass is 152 g/mol. The van der Waals surface area contributed by atoms with E-state index in [4.69, 9.17) is 23.8 Å². The van der Waals surface area contributed by atoms with Crippen LogP contribution >= 0.6 is 11.6 Å². The molecule has 0 atom stereocenters. The van der Waals surface area contributed by atoms with Crippen molar-refractivity contribution in [3.8, 4) is 12.3 Å². The molecule has 0 aromatic carbocycles. The highest BCUT2D eigenvalue weighted by Gasteiger charge is 1.93. The lowest BCUT2D eigenvalue weighted by Crippen LogP contribution is -1.91. The molecule has 0 aliphatic carbocycles. The first kappa shape index (κ1) is 6.91. The molecule has 10 heavy (non-hydrogen) atoms. The van der Waals surface area contributed by atoms with Gasteiger partial charge in [0.1, 0.15) is 11.5 Å². The van der Waals surface area contributed by atoms with E-state index >= 15 is 0 Å². The number of halogens is 1. The summed E-state index contributed by atoms with van der Waals surface area (Å²) in [6, 6.07) is 3.13. The van der Waals surface area contributed by atoms with Crippen LogP contribution in [0.25, 0.3) is 0 Å². The van der Waals surface area contributed by atoms with Crippen molar-refractivity contribution in [3.05, 3.63) is 22.8 Å². The zero-order valence-electron chi connectivity index (χ0n) is 5.13. The second-order valence-electron chi connectivity index (χ2n) is 1.74. The van der Waals surface area contributed by atoms with Crippen molar-refractivity contribution in [2.75, 3.05) is 5.73 Å². The summed E-state index contributed by atoms with van der Waals surface area (Å²) in [6.45, 7) is 0. The fourth-order valence-corrected chi connectivity index (χ4v) is 0.806. The van der Waals surface area contributed by atoms with Crippen LogP contribution in [0.4, 0.5) is 5.82 Å². The summed E-state index contributed by atoms with van der Waals surface area (Å²) in [7, 11) is 0. The molecule has 0 saturated carbocycles. The van der Waals surface area contributed by atoms with Crippen molar-refractivity contribution in [2.24, 2.45) is 0 Å². The van der Waals surface area contributed by atoms with Gasteiger partial charge in [-0.1, -0.05) is 17.5 Å². The summed E-state index contributed by atoms with van der Waals surface area (Å²) in [4.78, 5) is 3.81. The molecule has 0 bridgehead atoms. The number of anilines is 1. The van der Waals surface area contributed by atoms with Crippen LogP contribution < -0.4 is 5.73 Å². The highest BCUT2D eigenvalue weighted by molar-refractivity contribution is 6.30. The molecule has 0 fully saturated rings. The topological polar surface area (TPSA) is 38.9 Å². The van der Waals surface area contributed by atoms with E-state index in [2.05, 4.69) is 10.9 Å². The lowest BCUT2D eigenvalue weighted by atomic mass is 10.3. The molecule has 1 aromatic rings. The van der Waals surface area contributed by atoms with E-state index in [1.807, 2.05) is 0 Å². The van der Waals surface area contributed by atoms with Gasteiger partial charge in [0, 0.05) is 5.02 Å². The maximum atomic E-state index is 5.61. The van der Waals surface area contributed by atoms with Gasteiger partial charge in [-0.2, -0.15) is 0 Å². The Bertz CT molecular complexity index is 268. The van der Waals surface area contributed by atoms with Crippen LogP contribution in [0.5, 0.6) is 0 Å². The van der Waals surface area contributed by atoms with Crippen LogP contribution in [0.2, 0.25) is 5.02 Å². The van der Waals surface area contributed by atoms with Gasteiger partial charge in [0.05, 0.1) is 0 Å². The molecule has 2 N–H and O–H groups in total. The quantitative estimate of drug-likeness (QED) is 0.569. The van der Waals surface area contributed by atoms with Gasteiger partial charge >= 0.3 is 0 Å². The fraction of sp³-hybridized carbons (Fsp3) is 0. The van der Waals surface area contributed by atoms with Gasteiger partial charge < -0.3 is 5.73 Å². The van der Waals surface area contributed by atoms with E-state index in [0.717, 1.165) is 0 Å². The lowest BCUT2D eigenvalue weighted by Gasteiger charge is -1.93. The summed E-state index contributed by atoms with van der Waals surface area (Å²) < 4.78 is 0. The van der Waals surface area contributed by atoms with Gasteiger partial charge in [-0.05, 0) is 12.1 Å². The molecule has 0 spiro atoms. The number of terminal acetylenes is 1. The third-order valence-electron chi connectivity index (χ3n) is 0.958. The standard InChI is InChI=1S/C7H5ClN2/c1-2-6-3-5(8)4-7(9)10-6/h1,3-4H,(H2,9,10). The molecule has 0 radical (unpaired) electrons. The van der Waals surface area contributed by atoms with Crippen LogP contribution in [0, 0.1) is 12.3 Å². The van der Waals surface area contributed by atoms with Crippen molar-refractivity contribution >= 4 is 17.4 Å². The van der Waals surface area contributed by atoms with E-state index in [9.17, 15) is 0 Å². The molecule has 1 rings (SSSR count). The van der Waals surface area contributed by atoms with Crippen LogP contribution in [0.15, 0.2) is 12.1 Å². The van der Waals surface area contributed by atoms with Gasteiger partial charge in [-0.25, -0.2) is 4.98 Å². The SMILES string of the molecule is C#Cc1cc(Cl)cc(N)n1. The molecular weight excluding hydrogens is 148 g/mol. The fourth-order valence-electron chi connectivity index (χ4n) is 0.591. The molecule has 0 unspecified atom stereocenters. The normalized spacial score (nSPS) is 8.80. The smallest absolute Gasteiger partial charge is 0.126 e. The van der Waals surface area contributed by atoms with Crippen molar-refractivity contribution in [2.45, 2.75) is 0 Å². The Balaban J connectivity index is 3.22. The first-order valence-electron chi connectivity index (χ1n) is 2.62. The second kappa shape index (κ2) is 2.59. The highest BCUT2D eigenvalue weighted by atomic mass is 35.5. The molecule has 50 valence electrons. The third-order valence-corrected chi connectivity index (χ3v) is 1.18. The van der Waals surface area contributed by atoms with E-state index < -0.39 is 0 Å². The molecule has 0 aliphatic rings. The summed E-state index contributed by atoms with van der Waals surface area (Å²) in [5, 5.41) is 0.514. The largest absolute Gasteiger partial charge is 0.384 e. The number of rotatable bonds is 0. The van der Waals surface area contributed by atoms with Crippen LogP contribution in [0.1, 0.15) is 5.69 Å². The van der Waals surface area contributed by atoms with Crippen molar-refractivity contribution in [1.29, 1.82) is 0 Å². The Hall–Kier alpha value is -1.20. The Labute approximate surface area is 64.0 Å². The van der Waals surface area contributed by atoms with Gasteiger partial charge in [-0.15, -0.1) is 6.42 Å². The average Bonchev–Trinajstić information content (AvgIpc) is 1.85. The summed E-state index contributed by atoms with van der Waals surface area (Å²) in [6.07, 6.45) is 5.06. The summed E-state index contributed by atoms with van der Waals surface area (Å²) >= 11 is 5.61. The minimum atomic E-state index is 0.348. The second-order valence-corrected chi connectivity index (χ2v) is 2.18. The Morgan fingerprint density at radius 3 is 2.80 bits per heavy atom. The molecule has 1 heterocycles. The first-order chi connectivity index (χ1) is 4.72. The number of hydrogen-bond donors (Lipinski definition) is 1. The average molecular weight is 153 g/mol. The zero-order chi connectivity index (χ0) is 7.56. The number of hydrogen-bond acceptors (Lipinski definition) is 2. The molecular formula is C7H5ClN2. The lowest BCUT2D eigenvalue weighted by molar-refractivity contribution is 1.30. The van der Waals surface area contributed by atoms with Crippen LogP contribution in [-0.4, -0.2) is 4.98 Å². The highest BCUT2D eigenvalue weighted by Crippen LogP contribution is 2.11. The van der Waals surface area contributed by atoms with Crippen molar-refractivity contribution in [1.82, 2.24) is 4.98 Å². The molecule has 1 aromatic heterocycles. The first-order valence-corrected chi connectivity index (χ1v) is 3.00. The maximum Gasteiger partial charge on any atom is 0.126 e. The molecule has 2 nitrogen and oxygen atoms in total. The van der Waals surface area contributed by atoms with Gasteiger partial charge in [0.25, 0.3) is 0 Å². The van der Waals surface area contributed by atoms with Gasteiger partial charge in [0.15, 0.2) is 0 Å². The van der Waals surface area contributed by atoms with E-state index in [1.54, 1.807) is 12.1 Å². The predicted octanol–water partition coefficient (Wildman–Crippen LogP) is 1.30. The minimum absolute atomic E-state index is 0.348. The third kappa shape index (κ3) is 1.40. The summed E-state index contributed by atoms with van der Waals surface area (Å²) in [5.41, 5.74) is 5.81. The molecule has 3 heteroatoms. The van der Waals surface area contributed by atoms with E-state index in [0.29, 0.717) is 16.5 Å². The number of nitrogens with two attached hydrogens (primary N) is 1.